The second kappa shape index (κ2) is 6.76. The Hall–Kier alpha value is 0.0649. The van der Waals surface area contributed by atoms with Crippen LogP contribution < -0.4 is 0 Å². The molecule has 0 rings (SSSR count). The fourth-order valence-electron chi connectivity index (χ4n) is 1.86. The summed E-state index contributed by atoms with van der Waals surface area (Å²) in [5.74, 6) is 0.949. The quantitative estimate of drug-likeness (QED) is 0.505. The van der Waals surface area contributed by atoms with Crippen LogP contribution in [0.2, 0.25) is 18.5 Å². The van der Waals surface area contributed by atoms with Crippen molar-refractivity contribution in [2.24, 2.45) is 0 Å². The lowest BCUT2D eigenvalue weighted by molar-refractivity contribution is 0.687. The van der Waals surface area contributed by atoms with Gasteiger partial charge in [-0.2, -0.15) is 0 Å². The number of rotatable bonds is 6. The maximum absolute atomic E-state index is 2.41. The van der Waals surface area contributed by atoms with Crippen LogP contribution in [-0.4, -0.2) is 6.71 Å². The zero-order valence-corrected chi connectivity index (χ0v) is 8.69. The molecule has 0 aromatic heterocycles. The van der Waals surface area contributed by atoms with E-state index in [4.69, 9.17) is 0 Å². The van der Waals surface area contributed by atoms with E-state index in [0.29, 0.717) is 0 Å². The van der Waals surface area contributed by atoms with E-state index in [0.717, 1.165) is 12.5 Å². The molecule has 0 saturated carbocycles. The Morgan fingerprint density at radius 2 is 1.64 bits per heavy atom. The van der Waals surface area contributed by atoms with E-state index in [-0.39, 0.29) is 0 Å². The summed E-state index contributed by atoms with van der Waals surface area (Å²) >= 11 is 0. The fraction of sp³-hybridized carbons (Fsp3) is 1.00. The van der Waals surface area contributed by atoms with Gasteiger partial charge in [0.05, 0.1) is 0 Å². The highest BCUT2D eigenvalue weighted by Gasteiger charge is 2.15. The molecule has 0 spiro atoms. The molecule has 0 amide bonds. The molecule has 66 valence electrons. The van der Waals surface area contributed by atoms with E-state index in [9.17, 15) is 0 Å². The molecular formula is C10H23B. The minimum absolute atomic E-state index is 0.949. The Morgan fingerprint density at radius 3 is 2.00 bits per heavy atom. The molecule has 0 aliphatic heterocycles. The summed E-state index contributed by atoms with van der Waals surface area (Å²) in [5.41, 5.74) is 0. The molecule has 0 saturated heterocycles. The molecule has 11 heavy (non-hydrogen) atoms. The van der Waals surface area contributed by atoms with E-state index >= 15 is 0 Å². The summed E-state index contributed by atoms with van der Waals surface area (Å²) < 4.78 is 0. The molecule has 0 heterocycles. The molecule has 0 nitrogen and oxygen atoms in total. The van der Waals surface area contributed by atoms with Gasteiger partial charge >= 0.3 is 0 Å². The Balaban J connectivity index is 3.51. The molecule has 0 fully saturated rings. The molecule has 0 bridgehead atoms. The lowest BCUT2D eigenvalue weighted by Crippen LogP contribution is -2.15. The SMILES string of the molecule is CCCCC(C)B(CC)CC. The van der Waals surface area contributed by atoms with Crippen LogP contribution in [0.3, 0.4) is 0 Å². The Bertz CT molecular complexity index is 76.9. The monoisotopic (exact) mass is 154 g/mol. The van der Waals surface area contributed by atoms with Gasteiger partial charge in [0.15, 0.2) is 0 Å². The van der Waals surface area contributed by atoms with Gasteiger partial charge < -0.3 is 0 Å². The zero-order chi connectivity index (χ0) is 8.69. The molecule has 1 atom stereocenters. The molecule has 0 N–H and O–H groups in total. The summed E-state index contributed by atoms with van der Waals surface area (Å²) in [4.78, 5) is 0. The predicted octanol–water partition coefficient (Wildman–Crippen LogP) is 4.10. The summed E-state index contributed by atoms with van der Waals surface area (Å²) in [5, 5.41) is 0. The van der Waals surface area contributed by atoms with Crippen LogP contribution in [0.5, 0.6) is 0 Å². The van der Waals surface area contributed by atoms with E-state index < -0.39 is 0 Å². The second-order valence-corrected chi connectivity index (χ2v) is 3.70. The standard InChI is InChI=1S/C10H23B/c1-5-8-9-10(4)11(6-2)7-3/h10H,5-9H2,1-4H3. The lowest BCUT2D eigenvalue weighted by Gasteiger charge is -2.17. The highest BCUT2D eigenvalue weighted by atomic mass is 14.0. The first kappa shape index (κ1) is 11.1. The third-order valence-corrected chi connectivity index (χ3v) is 2.87. The van der Waals surface area contributed by atoms with Crippen LogP contribution in [0, 0.1) is 0 Å². The topological polar surface area (TPSA) is 0 Å². The van der Waals surface area contributed by atoms with Crippen molar-refractivity contribution in [1.29, 1.82) is 0 Å². The van der Waals surface area contributed by atoms with Gasteiger partial charge in [-0.1, -0.05) is 65.4 Å². The van der Waals surface area contributed by atoms with Gasteiger partial charge in [-0.25, -0.2) is 0 Å². The molecular weight excluding hydrogens is 131 g/mol. The molecule has 0 radical (unpaired) electrons. The minimum Gasteiger partial charge on any atom is -0.0768 e. The lowest BCUT2D eigenvalue weighted by atomic mass is 9.37. The molecule has 0 aromatic carbocycles. The smallest absolute Gasteiger partial charge is 0.0768 e. The van der Waals surface area contributed by atoms with Gasteiger partial charge in [-0.15, -0.1) is 0 Å². The first-order valence-electron chi connectivity index (χ1n) is 5.26. The number of hydrogen-bond donors (Lipinski definition) is 0. The van der Waals surface area contributed by atoms with Crippen molar-refractivity contribution in [2.75, 3.05) is 0 Å². The number of unbranched alkanes of at least 4 members (excludes halogenated alkanes) is 1. The van der Waals surface area contributed by atoms with Crippen LogP contribution in [0.25, 0.3) is 0 Å². The third-order valence-electron chi connectivity index (χ3n) is 2.87. The van der Waals surface area contributed by atoms with Gasteiger partial charge in [0.1, 0.15) is 6.71 Å². The van der Waals surface area contributed by atoms with Crippen molar-refractivity contribution in [2.45, 2.75) is 65.4 Å². The van der Waals surface area contributed by atoms with Crippen molar-refractivity contribution >= 4 is 6.71 Å². The average Bonchev–Trinajstić information content (AvgIpc) is 2.03. The number of hydrogen-bond acceptors (Lipinski definition) is 0. The van der Waals surface area contributed by atoms with Crippen LogP contribution in [-0.2, 0) is 0 Å². The van der Waals surface area contributed by atoms with Crippen molar-refractivity contribution in [1.82, 2.24) is 0 Å². The highest BCUT2D eigenvalue weighted by Crippen LogP contribution is 2.22. The largest absolute Gasteiger partial charge is 0.142 e. The third kappa shape index (κ3) is 4.50. The van der Waals surface area contributed by atoms with Gasteiger partial charge in [0.2, 0.25) is 0 Å². The van der Waals surface area contributed by atoms with Gasteiger partial charge in [-0.3, -0.25) is 0 Å². The molecule has 1 heteroatoms. The molecule has 0 aliphatic rings. The fourth-order valence-corrected chi connectivity index (χ4v) is 1.86. The summed E-state index contributed by atoms with van der Waals surface area (Å²) in [6.07, 6.45) is 6.92. The van der Waals surface area contributed by atoms with Crippen molar-refractivity contribution < 1.29 is 0 Å². The van der Waals surface area contributed by atoms with Gasteiger partial charge in [-0.05, 0) is 0 Å². The van der Waals surface area contributed by atoms with Crippen LogP contribution in [0.4, 0.5) is 0 Å². The maximum atomic E-state index is 2.41. The Kier molecular flexibility index (Phi) is 6.80. The summed E-state index contributed by atoms with van der Waals surface area (Å²) in [6, 6.07) is 0. The van der Waals surface area contributed by atoms with Crippen LogP contribution >= 0.6 is 0 Å². The zero-order valence-electron chi connectivity index (χ0n) is 8.69. The van der Waals surface area contributed by atoms with E-state index in [1.807, 2.05) is 0 Å². The Morgan fingerprint density at radius 1 is 1.09 bits per heavy atom. The van der Waals surface area contributed by atoms with E-state index in [1.54, 1.807) is 0 Å². The summed E-state index contributed by atoms with van der Waals surface area (Å²) in [7, 11) is 0. The van der Waals surface area contributed by atoms with Gasteiger partial charge in [0, 0.05) is 0 Å². The van der Waals surface area contributed by atoms with E-state index in [2.05, 4.69) is 27.7 Å². The molecule has 0 aliphatic carbocycles. The van der Waals surface area contributed by atoms with Gasteiger partial charge in [0.25, 0.3) is 0 Å². The normalized spacial score (nSPS) is 13.1. The minimum atomic E-state index is 0.949. The maximum Gasteiger partial charge on any atom is 0.142 e. The molecule has 0 aromatic rings. The predicted molar refractivity (Wildman–Crippen MR) is 55.7 cm³/mol. The first-order valence-corrected chi connectivity index (χ1v) is 5.26. The van der Waals surface area contributed by atoms with Crippen LogP contribution in [0.15, 0.2) is 0 Å². The highest BCUT2D eigenvalue weighted by molar-refractivity contribution is 6.60. The first-order chi connectivity index (χ1) is 5.26. The second-order valence-electron chi connectivity index (χ2n) is 3.70. The van der Waals surface area contributed by atoms with Crippen molar-refractivity contribution in [3.8, 4) is 0 Å². The van der Waals surface area contributed by atoms with E-state index in [1.165, 1.54) is 31.9 Å². The van der Waals surface area contributed by atoms with Crippen LogP contribution in [0.1, 0.15) is 47.0 Å². The average molecular weight is 154 g/mol. The summed E-state index contributed by atoms with van der Waals surface area (Å²) in [6.45, 7) is 10.3. The Labute approximate surface area is 72.8 Å². The van der Waals surface area contributed by atoms with Crippen molar-refractivity contribution in [3.05, 3.63) is 0 Å². The van der Waals surface area contributed by atoms with Crippen molar-refractivity contribution in [3.63, 3.8) is 0 Å². The molecule has 1 unspecified atom stereocenters.